The van der Waals surface area contributed by atoms with E-state index < -0.39 is 0 Å². The summed E-state index contributed by atoms with van der Waals surface area (Å²) in [7, 11) is 0. The molecule has 0 aliphatic carbocycles. The molecule has 1 fully saturated rings. The maximum Gasteiger partial charge on any atom is 0.241 e. The zero-order valence-electron chi connectivity index (χ0n) is 15.5. The number of morpholine rings is 1. The molecule has 0 saturated carbocycles. The van der Waals surface area contributed by atoms with Crippen LogP contribution in [0.25, 0.3) is 0 Å². The molecule has 3 rings (SSSR count). The summed E-state index contributed by atoms with van der Waals surface area (Å²) >= 11 is 0. The summed E-state index contributed by atoms with van der Waals surface area (Å²) in [6.07, 6.45) is -0.153. The summed E-state index contributed by atoms with van der Waals surface area (Å²) in [5.41, 5.74) is 3.92. The predicted molar refractivity (Wildman–Crippen MR) is 101 cm³/mol. The zero-order chi connectivity index (χ0) is 18.7. The molecule has 0 radical (unpaired) electrons. The highest BCUT2D eigenvalue weighted by Crippen LogP contribution is 2.25. The van der Waals surface area contributed by atoms with Gasteiger partial charge in [0.05, 0.1) is 18.8 Å². The van der Waals surface area contributed by atoms with E-state index in [-0.39, 0.29) is 23.9 Å². The molecule has 138 valence electrons. The molecule has 1 aliphatic heterocycles. The molecule has 2 aromatic carbocycles. The number of carbonyl (C=O) groups excluding carboxylic acids is 1. The fourth-order valence-electron chi connectivity index (χ4n) is 3.31. The van der Waals surface area contributed by atoms with Gasteiger partial charge in [0, 0.05) is 18.8 Å². The standard InChI is InChI=1S/C21H25FN2O2/c1-14-5-4-6-15(2)20(14)23-21(25)16(3)24-11-12-26-19(13-24)17-7-9-18(22)10-8-17/h4-10,16,19H,11-13H2,1-3H3,(H,23,25). The molecule has 1 amide bonds. The van der Waals surface area contributed by atoms with Gasteiger partial charge in [-0.05, 0) is 49.6 Å². The number of aryl methyl sites for hydroxylation is 2. The molecule has 1 heterocycles. The third-order valence-corrected chi connectivity index (χ3v) is 5.00. The SMILES string of the molecule is Cc1cccc(C)c1NC(=O)C(C)N1CCOC(c2ccc(F)cc2)C1. The minimum Gasteiger partial charge on any atom is -0.371 e. The van der Waals surface area contributed by atoms with Gasteiger partial charge in [-0.3, -0.25) is 9.69 Å². The van der Waals surface area contributed by atoms with Gasteiger partial charge in [0.25, 0.3) is 0 Å². The highest BCUT2D eigenvalue weighted by atomic mass is 19.1. The topological polar surface area (TPSA) is 41.6 Å². The van der Waals surface area contributed by atoms with E-state index in [0.29, 0.717) is 19.7 Å². The Kier molecular flexibility index (Phi) is 5.69. The van der Waals surface area contributed by atoms with Gasteiger partial charge < -0.3 is 10.1 Å². The van der Waals surface area contributed by atoms with Gasteiger partial charge in [0.2, 0.25) is 5.91 Å². The van der Waals surface area contributed by atoms with Crippen LogP contribution in [0.4, 0.5) is 10.1 Å². The highest BCUT2D eigenvalue weighted by molar-refractivity contribution is 5.95. The van der Waals surface area contributed by atoms with Crippen LogP contribution >= 0.6 is 0 Å². The summed E-state index contributed by atoms with van der Waals surface area (Å²) in [5.74, 6) is -0.287. The predicted octanol–water partition coefficient (Wildman–Crippen LogP) is 3.84. The van der Waals surface area contributed by atoms with Gasteiger partial charge in [-0.2, -0.15) is 0 Å². The Bertz CT molecular complexity index is 756. The Morgan fingerprint density at radius 2 is 1.85 bits per heavy atom. The number of nitrogens with one attached hydrogen (secondary N) is 1. The number of benzene rings is 2. The van der Waals surface area contributed by atoms with Crippen molar-refractivity contribution in [1.82, 2.24) is 4.90 Å². The van der Waals surface area contributed by atoms with Crippen molar-refractivity contribution in [3.8, 4) is 0 Å². The number of carbonyl (C=O) groups is 1. The number of ether oxygens (including phenoxy) is 1. The summed E-state index contributed by atoms with van der Waals surface area (Å²) in [4.78, 5) is 14.9. The first-order chi connectivity index (χ1) is 12.5. The Labute approximate surface area is 154 Å². The first-order valence-corrected chi connectivity index (χ1v) is 8.94. The fourth-order valence-corrected chi connectivity index (χ4v) is 3.31. The number of nitrogens with zero attached hydrogens (tertiary/aromatic N) is 1. The van der Waals surface area contributed by atoms with Crippen LogP contribution in [-0.4, -0.2) is 36.5 Å². The van der Waals surface area contributed by atoms with Crippen LogP contribution in [-0.2, 0) is 9.53 Å². The number of para-hydroxylation sites is 1. The van der Waals surface area contributed by atoms with E-state index in [1.165, 1.54) is 12.1 Å². The van der Waals surface area contributed by atoms with Gasteiger partial charge in [-0.15, -0.1) is 0 Å². The maximum absolute atomic E-state index is 13.1. The van der Waals surface area contributed by atoms with Gasteiger partial charge in [0.1, 0.15) is 5.82 Å². The average Bonchev–Trinajstić information content (AvgIpc) is 2.65. The number of hydrogen-bond acceptors (Lipinski definition) is 3. The lowest BCUT2D eigenvalue weighted by Gasteiger charge is -2.36. The molecular formula is C21H25FN2O2. The second kappa shape index (κ2) is 7.98. The largest absolute Gasteiger partial charge is 0.371 e. The van der Waals surface area contributed by atoms with E-state index in [9.17, 15) is 9.18 Å². The lowest BCUT2D eigenvalue weighted by molar-refractivity contribution is -0.124. The number of anilines is 1. The van der Waals surface area contributed by atoms with Crippen molar-refractivity contribution in [3.05, 3.63) is 65.0 Å². The molecule has 1 aliphatic rings. The van der Waals surface area contributed by atoms with Crippen LogP contribution in [0.1, 0.15) is 29.7 Å². The molecule has 0 bridgehead atoms. The maximum atomic E-state index is 13.1. The molecule has 1 N–H and O–H groups in total. The summed E-state index contributed by atoms with van der Waals surface area (Å²) < 4.78 is 19.0. The van der Waals surface area contributed by atoms with Gasteiger partial charge in [-0.25, -0.2) is 4.39 Å². The molecule has 0 spiro atoms. The van der Waals surface area contributed by atoms with Gasteiger partial charge in [0.15, 0.2) is 0 Å². The third kappa shape index (κ3) is 4.11. The Morgan fingerprint density at radius 3 is 2.50 bits per heavy atom. The average molecular weight is 356 g/mol. The molecule has 2 atom stereocenters. The molecule has 2 aromatic rings. The summed E-state index contributed by atoms with van der Waals surface area (Å²) in [6.45, 7) is 7.74. The van der Waals surface area contributed by atoms with E-state index in [1.54, 1.807) is 12.1 Å². The molecular weight excluding hydrogens is 331 g/mol. The van der Waals surface area contributed by atoms with E-state index in [4.69, 9.17) is 4.74 Å². The Balaban J connectivity index is 1.67. The Morgan fingerprint density at radius 1 is 1.19 bits per heavy atom. The summed E-state index contributed by atoms with van der Waals surface area (Å²) in [6, 6.07) is 12.1. The molecule has 26 heavy (non-hydrogen) atoms. The van der Waals surface area contributed by atoms with E-state index >= 15 is 0 Å². The second-order valence-corrected chi connectivity index (χ2v) is 6.84. The van der Waals surface area contributed by atoms with E-state index in [0.717, 1.165) is 22.4 Å². The first-order valence-electron chi connectivity index (χ1n) is 8.94. The molecule has 4 nitrogen and oxygen atoms in total. The van der Waals surface area contributed by atoms with Crippen molar-refractivity contribution in [2.75, 3.05) is 25.0 Å². The fraction of sp³-hybridized carbons (Fsp3) is 0.381. The lowest BCUT2D eigenvalue weighted by Crippen LogP contribution is -2.48. The minimum atomic E-state index is -0.277. The van der Waals surface area contributed by atoms with Crippen LogP contribution in [0.2, 0.25) is 0 Å². The smallest absolute Gasteiger partial charge is 0.241 e. The van der Waals surface area contributed by atoms with Gasteiger partial charge in [-0.1, -0.05) is 30.3 Å². The number of halogens is 1. The van der Waals surface area contributed by atoms with Crippen molar-refractivity contribution >= 4 is 11.6 Å². The number of amides is 1. The van der Waals surface area contributed by atoms with Crippen LogP contribution in [0.15, 0.2) is 42.5 Å². The lowest BCUT2D eigenvalue weighted by atomic mass is 10.1. The van der Waals surface area contributed by atoms with Crippen molar-refractivity contribution in [2.24, 2.45) is 0 Å². The van der Waals surface area contributed by atoms with Crippen molar-refractivity contribution in [2.45, 2.75) is 32.9 Å². The van der Waals surface area contributed by atoms with Crippen LogP contribution in [0, 0.1) is 19.7 Å². The van der Waals surface area contributed by atoms with Crippen molar-refractivity contribution in [1.29, 1.82) is 0 Å². The minimum absolute atomic E-state index is 0.0258. The van der Waals surface area contributed by atoms with Crippen LogP contribution in [0.5, 0.6) is 0 Å². The van der Waals surface area contributed by atoms with E-state index in [2.05, 4.69) is 10.2 Å². The normalized spacial score (nSPS) is 19.2. The highest BCUT2D eigenvalue weighted by Gasteiger charge is 2.29. The molecule has 5 heteroatoms. The quantitative estimate of drug-likeness (QED) is 0.905. The second-order valence-electron chi connectivity index (χ2n) is 6.84. The first kappa shape index (κ1) is 18.5. The third-order valence-electron chi connectivity index (χ3n) is 5.00. The van der Waals surface area contributed by atoms with Crippen molar-refractivity contribution in [3.63, 3.8) is 0 Å². The van der Waals surface area contributed by atoms with E-state index in [1.807, 2.05) is 39.0 Å². The molecule has 0 aromatic heterocycles. The van der Waals surface area contributed by atoms with Crippen LogP contribution in [0.3, 0.4) is 0 Å². The van der Waals surface area contributed by atoms with Gasteiger partial charge >= 0.3 is 0 Å². The zero-order valence-corrected chi connectivity index (χ0v) is 15.5. The number of rotatable bonds is 4. The monoisotopic (exact) mass is 356 g/mol. The number of hydrogen-bond donors (Lipinski definition) is 1. The molecule has 1 saturated heterocycles. The summed E-state index contributed by atoms with van der Waals surface area (Å²) in [5, 5.41) is 3.07. The van der Waals surface area contributed by atoms with Crippen molar-refractivity contribution < 1.29 is 13.9 Å². The van der Waals surface area contributed by atoms with Crippen LogP contribution < -0.4 is 5.32 Å². The Hall–Kier alpha value is -2.24. The molecule has 2 unspecified atom stereocenters.